The number of nitriles is 2. The molecule has 0 amide bonds. The molecular weight excluding hydrogens is 332 g/mol. The van der Waals surface area contributed by atoms with Crippen LogP contribution in [0.25, 0.3) is 11.1 Å². The number of benzene rings is 2. The van der Waals surface area contributed by atoms with Crippen molar-refractivity contribution < 1.29 is 18.9 Å². The van der Waals surface area contributed by atoms with Gasteiger partial charge in [-0.3, -0.25) is 0 Å². The highest BCUT2D eigenvalue weighted by molar-refractivity contribution is 6.05. The molecule has 0 saturated carbocycles. The largest absolute Gasteiger partial charge is 0.497 e. The highest BCUT2D eigenvalue weighted by atomic mass is 16.5. The van der Waals surface area contributed by atoms with Crippen molar-refractivity contribution in [1.82, 2.24) is 0 Å². The summed E-state index contributed by atoms with van der Waals surface area (Å²) in [5, 5.41) is 19.5. The molecule has 0 aliphatic rings. The number of hydrogen-bond donors (Lipinski definition) is 0. The van der Waals surface area contributed by atoms with Crippen LogP contribution in [0, 0.1) is 22.7 Å². The second-order valence-corrected chi connectivity index (χ2v) is 5.11. The van der Waals surface area contributed by atoms with Gasteiger partial charge in [0.05, 0.1) is 39.6 Å². The lowest BCUT2D eigenvalue weighted by atomic mass is 9.95. The molecule has 0 radical (unpaired) electrons. The van der Waals surface area contributed by atoms with Crippen LogP contribution in [0.5, 0.6) is 23.0 Å². The molecular formula is C20H18N2O4. The Labute approximate surface area is 152 Å². The van der Waals surface area contributed by atoms with E-state index in [0.717, 1.165) is 0 Å². The average Bonchev–Trinajstić information content (AvgIpc) is 2.71. The van der Waals surface area contributed by atoms with Crippen LogP contribution in [0.1, 0.15) is 11.1 Å². The minimum absolute atomic E-state index is 0.176. The Hall–Kier alpha value is -3.64. The van der Waals surface area contributed by atoms with E-state index in [0.29, 0.717) is 34.1 Å². The fraction of sp³-hybridized carbons (Fsp3) is 0.200. The summed E-state index contributed by atoms with van der Waals surface area (Å²) < 4.78 is 21.1. The summed E-state index contributed by atoms with van der Waals surface area (Å²) in [5.74, 6) is 2.04. The first-order valence-electron chi connectivity index (χ1n) is 7.62. The van der Waals surface area contributed by atoms with E-state index in [9.17, 15) is 10.5 Å². The summed E-state index contributed by atoms with van der Waals surface area (Å²) in [4.78, 5) is 0. The second kappa shape index (κ2) is 8.46. The topological polar surface area (TPSA) is 84.5 Å². The van der Waals surface area contributed by atoms with Gasteiger partial charge in [0.1, 0.15) is 35.1 Å². The van der Waals surface area contributed by atoms with Gasteiger partial charge in [0.25, 0.3) is 0 Å². The third-order valence-corrected chi connectivity index (χ3v) is 3.83. The van der Waals surface area contributed by atoms with Crippen molar-refractivity contribution in [2.24, 2.45) is 0 Å². The van der Waals surface area contributed by atoms with Gasteiger partial charge in [-0.15, -0.1) is 0 Å². The van der Waals surface area contributed by atoms with Crippen LogP contribution in [-0.4, -0.2) is 28.4 Å². The van der Waals surface area contributed by atoms with Gasteiger partial charge in [0, 0.05) is 23.3 Å². The monoisotopic (exact) mass is 350 g/mol. The van der Waals surface area contributed by atoms with E-state index >= 15 is 0 Å². The Bertz CT molecular complexity index is 845. The van der Waals surface area contributed by atoms with E-state index in [1.54, 1.807) is 50.6 Å². The first-order chi connectivity index (χ1) is 12.6. The molecule has 0 N–H and O–H groups in total. The third kappa shape index (κ3) is 3.55. The molecule has 0 aromatic heterocycles. The van der Waals surface area contributed by atoms with Crippen LogP contribution in [-0.2, 0) is 0 Å². The first-order valence-corrected chi connectivity index (χ1v) is 7.62. The van der Waals surface area contributed by atoms with Crippen LogP contribution in [0.15, 0.2) is 36.4 Å². The quantitative estimate of drug-likeness (QED) is 0.584. The number of nitrogens with zero attached hydrogens (tertiary/aromatic N) is 2. The standard InChI is InChI=1S/C20H18N2O4/c1-23-13-5-7-15(19(9-13)25-3)17(11-21)18(12-22)16-8-6-14(24-2)10-20(16)26-4/h5-10H,1-4H3/b18-17-. The smallest absolute Gasteiger partial charge is 0.131 e. The van der Waals surface area contributed by atoms with Gasteiger partial charge in [0.2, 0.25) is 0 Å². The van der Waals surface area contributed by atoms with Crippen molar-refractivity contribution >= 4 is 11.1 Å². The van der Waals surface area contributed by atoms with Crippen molar-refractivity contribution in [2.75, 3.05) is 28.4 Å². The maximum absolute atomic E-state index is 9.74. The number of hydrogen-bond acceptors (Lipinski definition) is 6. The van der Waals surface area contributed by atoms with Crippen LogP contribution in [0.2, 0.25) is 0 Å². The summed E-state index contributed by atoms with van der Waals surface area (Å²) in [6.07, 6.45) is 0. The van der Waals surface area contributed by atoms with Crippen molar-refractivity contribution in [1.29, 1.82) is 10.5 Å². The van der Waals surface area contributed by atoms with Gasteiger partial charge >= 0.3 is 0 Å². The van der Waals surface area contributed by atoms with E-state index in [-0.39, 0.29) is 11.1 Å². The number of ether oxygens (including phenoxy) is 4. The van der Waals surface area contributed by atoms with Gasteiger partial charge in [-0.1, -0.05) is 0 Å². The Balaban J connectivity index is 2.75. The normalized spacial score (nSPS) is 10.8. The molecule has 0 aliphatic carbocycles. The summed E-state index contributed by atoms with van der Waals surface area (Å²) in [6.45, 7) is 0. The Kier molecular flexibility index (Phi) is 6.08. The molecule has 26 heavy (non-hydrogen) atoms. The molecule has 132 valence electrons. The number of allylic oxidation sites excluding steroid dienone is 2. The summed E-state index contributed by atoms with van der Waals surface area (Å²) in [6, 6.07) is 14.3. The zero-order valence-electron chi connectivity index (χ0n) is 15.0. The minimum Gasteiger partial charge on any atom is -0.497 e. The predicted molar refractivity (Wildman–Crippen MR) is 97.1 cm³/mol. The van der Waals surface area contributed by atoms with Gasteiger partial charge in [0.15, 0.2) is 0 Å². The van der Waals surface area contributed by atoms with Crippen molar-refractivity contribution in [2.45, 2.75) is 0 Å². The lowest BCUT2D eigenvalue weighted by molar-refractivity contribution is 0.393. The SMILES string of the molecule is COc1ccc(/C(C#N)=C(/C#N)c2ccc(OC)cc2OC)c(OC)c1. The molecule has 0 aliphatic heterocycles. The molecule has 2 rings (SSSR count). The predicted octanol–water partition coefficient (Wildman–Crippen LogP) is 3.68. The van der Waals surface area contributed by atoms with Crippen molar-refractivity contribution in [3.8, 4) is 35.1 Å². The fourth-order valence-corrected chi connectivity index (χ4v) is 2.51. The van der Waals surface area contributed by atoms with E-state index in [2.05, 4.69) is 12.1 Å². The molecule has 0 atom stereocenters. The maximum Gasteiger partial charge on any atom is 0.131 e. The summed E-state index contributed by atoms with van der Waals surface area (Å²) in [5.41, 5.74) is 1.33. The van der Waals surface area contributed by atoms with Gasteiger partial charge in [-0.25, -0.2) is 0 Å². The second-order valence-electron chi connectivity index (χ2n) is 5.11. The fourth-order valence-electron chi connectivity index (χ4n) is 2.51. The van der Waals surface area contributed by atoms with Crippen LogP contribution < -0.4 is 18.9 Å². The molecule has 6 heteroatoms. The van der Waals surface area contributed by atoms with E-state index in [1.807, 2.05) is 0 Å². The van der Waals surface area contributed by atoms with Gasteiger partial charge < -0.3 is 18.9 Å². The van der Waals surface area contributed by atoms with Crippen molar-refractivity contribution in [3.63, 3.8) is 0 Å². The average molecular weight is 350 g/mol. The van der Waals surface area contributed by atoms with Crippen LogP contribution >= 0.6 is 0 Å². The van der Waals surface area contributed by atoms with Gasteiger partial charge in [-0.05, 0) is 24.3 Å². The third-order valence-electron chi connectivity index (χ3n) is 3.83. The first kappa shape index (κ1) is 18.7. The molecule has 0 bridgehead atoms. The lowest BCUT2D eigenvalue weighted by Gasteiger charge is -2.13. The zero-order valence-corrected chi connectivity index (χ0v) is 15.0. The molecule has 2 aromatic carbocycles. The summed E-state index contributed by atoms with van der Waals surface area (Å²) >= 11 is 0. The number of methoxy groups -OCH3 is 4. The molecule has 2 aromatic rings. The molecule has 0 unspecified atom stereocenters. The molecule has 0 spiro atoms. The van der Waals surface area contributed by atoms with E-state index in [4.69, 9.17) is 18.9 Å². The maximum atomic E-state index is 9.74. The lowest BCUT2D eigenvalue weighted by Crippen LogP contribution is -1.97. The highest BCUT2D eigenvalue weighted by Gasteiger charge is 2.19. The Morgan fingerprint density at radius 3 is 1.31 bits per heavy atom. The molecule has 0 heterocycles. The minimum atomic E-state index is 0.176. The van der Waals surface area contributed by atoms with E-state index < -0.39 is 0 Å². The Morgan fingerprint density at radius 2 is 1.04 bits per heavy atom. The van der Waals surface area contributed by atoms with Crippen LogP contribution in [0.4, 0.5) is 0 Å². The molecule has 6 nitrogen and oxygen atoms in total. The van der Waals surface area contributed by atoms with Crippen molar-refractivity contribution in [3.05, 3.63) is 47.5 Å². The molecule has 0 saturated heterocycles. The zero-order chi connectivity index (χ0) is 19.1. The van der Waals surface area contributed by atoms with Gasteiger partial charge in [-0.2, -0.15) is 10.5 Å². The van der Waals surface area contributed by atoms with E-state index in [1.165, 1.54) is 14.2 Å². The summed E-state index contributed by atoms with van der Waals surface area (Å²) in [7, 11) is 6.07. The van der Waals surface area contributed by atoms with Crippen LogP contribution in [0.3, 0.4) is 0 Å². The molecule has 0 fully saturated rings. The Morgan fingerprint density at radius 1 is 0.654 bits per heavy atom. The highest BCUT2D eigenvalue weighted by Crippen LogP contribution is 2.37. The number of rotatable bonds is 6.